The molecule has 2 nitrogen and oxygen atoms in total. The van der Waals surface area contributed by atoms with Crippen LogP contribution in [0.2, 0.25) is 0 Å². The number of hydrogen-bond acceptors (Lipinski definition) is 3. The first kappa shape index (κ1) is 14.3. The van der Waals surface area contributed by atoms with Gasteiger partial charge in [-0.2, -0.15) is 5.26 Å². The molecule has 21 heavy (non-hydrogen) atoms. The minimum absolute atomic E-state index is 0.285. The van der Waals surface area contributed by atoms with Crippen LogP contribution >= 0.6 is 11.3 Å². The fourth-order valence-corrected chi connectivity index (χ4v) is 4.09. The second-order valence-corrected chi connectivity index (χ2v) is 6.79. The lowest BCUT2D eigenvalue weighted by atomic mass is 9.62. The predicted octanol–water partition coefficient (Wildman–Crippen LogP) is 4.41. The molecule has 1 aliphatic rings. The maximum absolute atomic E-state index is 9.61. The Morgan fingerprint density at radius 1 is 1.29 bits per heavy atom. The summed E-state index contributed by atoms with van der Waals surface area (Å²) < 4.78 is 0. The molecular weight excluding hydrogens is 276 g/mol. The van der Waals surface area contributed by atoms with Crippen molar-refractivity contribution in [3.05, 3.63) is 58.3 Å². The number of thiophene rings is 1. The Balaban J connectivity index is 1.66. The molecule has 1 atom stereocenters. The number of benzene rings is 1. The molecule has 1 unspecified atom stereocenters. The van der Waals surface area contributed by atoms with Gasteiger partial charge in [-0.1, -0.05) is 43.3 Å². The van der Waals surface area contributed by atoms with Crippen LogP contribution in [0.1, 0.15) is 42.7 Å². The molecule has 1 aromatic carbocycles. The van der Waals surface area contributed by atoms with E-state index >= 15 is 0 Å². The largest absolute Gasteiger partial charge is 0.306 e. The molecule has 1 aliphatic carbocycles. The van der Waals surface area contributed by atoms with E-state index in [0.717, 1.165) is 24.8 Å². The minimum Gasteiger partial charge on any atom is -0.306 e. The van der Waals surface area contributed by atoms with E-state index in [1.54, 1.807) is 11.3 Å². The van der Waals surface area contributed by atoms with Crippen molar-refractivity contribution >= 4 is 11.3 Å². The summed E-state index contributed by atoms with van der Waals surface area (Å²) in [6.07, 6.45) is 2.91. The highest BCUT2D eigenvalue weighted by atomic mass is 32.1. The van der Waals surface area contributed by atoms with Gasteiger partial charge in [0.1, 0.15) is 0 Å². The smallest absolute Gasteiger partial charge is 0.0852 e. The summed E-state index contributed by atoms with van der Waals surface area (Å²) in [5.41, 5.74) is 0.877. The fourth-order valence-electron chi connectivity index (χ4n) is 3.22. The van der Waals surface area contributed by atoms with Gasteiger partial charge in [-0.05, 0) is 36.3 Å². The van der Waals surface area contributed by atoms with Crippen LogP contribution < -0.4 is 5.32 Å². The Kier molecular flexibility index (Phi) is 4.10. The van der Waals surface area contributed by atoms with Gasteiger partial charge in [0.2, 0.25) is 0 Å². The lowest BCUT2D eigenvalue weighted by Crippen LogP contribution is -2.51. The molecule has 1 fully saturated rings. The third-order valence-corrected chi connectivity index (χ3v) is 5.45. The molecule has 108 valence electrons. The van der Waals surface area contributed by atoms with E-state index in [-0.39, 0.29) is 5.41 Å². The van der Waals surface area contributed by atoms with Gasteiger partial charge in [0.05, 0.1) is 11.5 Å². The standard InChI is InChI=1S/C18H20N2S/c1-2-16(17-9-6-10-21-17)20-15-11-18(12-15,13-19)14-7-4-3-5-8-14/h3-10,15-16,20H,2,11-12H2,1H3. The summed E-state index contributed by atoms with van der Waals surface area (Å²) in [7, 11) is 0. The quantitative estimate of drug-likeness (QED) is 0.887. The van der Waals surface area contributed by atoms with Gasteiger partial charge >= 0.3 is 0 Å². The monoisotopic (exact) mass is 296 g/mol. The van der Waals surface area contributed by atoms with E-state index in [1.165, 1.54) is 4.88 Å². The van der Waals surface area contributed by atoms with Gasteiger partial charge in [-0.25, -0.2) is 0 Å². The SMILES string of the molecule is CCC(NC1CC(C#N)(c2ccccc2)C1)c1cccs1. The molecule has 0 radical (unpaired) electrons. The van der Waals surface area contributed by atoms with Gasteiger partial charge in [-0.15, -0.1) is 11.3 Å². The Labute approximate surface area is 130 Å². The van der Waals surface area contributed by atoms with Crippen LogP contribution in [-0.2, 0) is 5.41 Å². The van der Waals surface area contributed by atoms with E-state index in [4.69, 9.17) is 0 Å². The van der Waals surface area contributed by atoms with Crippen molar-refractivity contribution < 1.29 is 0 Å². The second-order valence-electron chi connectivity index (χ2n) is 5.81. The van der Waals surface area contributed by atoms with Crippen LogP contribution in [0.3, 0.4) is 0 Å². The van der Waals surface area contributed by atoms with Crippen molar-refractivity contribution in [2.45, 2.75) is 43.7 Å². The van der Waals surface area contributed by atoms with Crippen molar-refractivity contribution in [2.24, 2.45) is 0 Å². The molecule has 1 heterocycles. The molecular formula is C18H20N2S. The van der Waals surface area contributed by atoms with E-state index < -0.39 is 0 Å². The van der Waals surface area contributed by atoms with Crippen LogP contribution in [0.5, 0.6) is 0 Å². The van der Waals surface area contributed by atoms with Crippen LogP contribution in [0.25, 0.3) is 0 Å². The van der Waals surface area contributed by atoms with Gasteiger partial charge in [0.15, 0.2) is 0 Å². The zero-order valence-corrected chi connectivity index (χ0v) is 13.1. The zero-order chi connectivity index (χ0) is 14.7. The predicted molar refractivity (Wildman–Crippen MR) is 87.2 cm³/mol. The lowest BCUT2D eigenvalue weighted by molar-refractivity contribution is 0.208. The number of rotatable bonds is 5. The molecule has 0 bridgehead atoms. The van der Waals surface area contributed by atoms with Gasteiger partial charge in [0, 0.05) is 17.0 Å². The fraction of sp³-hybridized carbons (Fsp3) is 0.389. The van der Waals surface area contributed by atoms with Gasteiger partial charge in [0.25, 0.3) is 0 Å². The van der Waals surface area contributed by atoms with E-state index in [0.29, 0.717) is 12.1 Å². The highest BCUT2D eigenvalue weighted by molar-refractivity contribution is 7.10. The van der Waals surface area contributed by atoms with E-state index in [1.807, 2.05) is 18.2 Å². The Hall–Kier alpha value is -1.63. The first-order valence-electron chi connectivity index (χ1n) is 7.53. The molecule has 3 rings (SSSR count). The maximum atomic E-state index is 9.61. The lowest BCUT2D eigenvalue weighted by Gasteiger charge is -2.44. The summed E-state index contributed by atoms with van der Waals surface area (Å²) >= 11 is 1.81. The minimum atomic E-state index is -0.285. The number of hydrogen-bond donors (Lipinski definition) is 1. The zero-order valence-electron chi connectivity index (χ0n) is 12.3. The summed E-state index contributed by atoms with van der Waals surface area (Å²) in [4.78, 5) is 1.40. The molecule has 0 amide bonds. The Bertz CT molecular complexity index is 606. The van der Waals surface area contributed by atoms with Crippen LogP contribution in [0, 0.1) is 11.3 Å². The first-order chi connectivity index (χ1) is 10.3. The van der Waals surface area contributed by atoms with Gasteiger partial charge in [-0.3, -0.25) is 0 Å². The van der Waals surface area contributed by atoms with Gasteiger partial charge < -0.3 is 5.32 Å². The number of nitriles is 1. The summed E-state index contributed by atoms with van der Waals surface area (Å²) in [6, 6.07) is 17.9. The maximum Gasteiger partial charge on any atom is 0.0852 e. The van der Waals surface area contributed by atoms with Crippen LogP contribution in [-0.4, -0.2) is 6.04 Å². The molecule has 0 spiro atoms. The van der Waals surface area contributed by atoms with Crippen molar-refractivity contribution in [1.29, 1.82) is 5.26 Å². The summed E-state index contributed by atoms with van der Waals surface area (Å²) in [6.45, 7) is 2.21. The van der Waals surface area contributed by atoms with Crippen molar-refractivity contribution in [3.63, 3.8) is 0 Å². The third kappa shape index (κ3) is 2.74. The molecule has 3 heteroatoms. The number of nitrogens with one attached hydrogen (secondary N) is 1. The topological polar surface area (TPSA) is 35.8 Å². The average molecular weight is 296 g/mol. The highest BCUT2D eigenvalue weighted by Crippen LogP contribution is 2.44. The van der Waals surface area contributed by atoms with E-state index in [2.05, 4.69) is 48.0 Å². The highest BCUT2D eigenvalue weighted by Gasteiger charge is 2.46. The normalized spacial score (nSPS) is 25.8. The molecule has 1 saturated carbocycles. The Morgan fingerprint density at radius 2 is 2.05 bits per heavy atom. The van der Waals surface area contributed by atoms with Crippen molar-refractivity contribution in [3.8, 4) is 6.07 Å². The van der Waals surface area contributed by atoms with Crippen LogP contribution in [0.15, 0.2) is 47.8 Å². The average Bonchev–Trinajstić information content (AvgIpc) is 3.02. The molecule has 2 aromatic rings. The number of nitrogens with zero attached hydrogens (tertiary/aromatic N) is 1. The Morgan fingerprint density at radius 3 is 2.62 bits per heavy atom. The molecule has 1 aromatic heterocycles. The summed E-state index contributed by atoms with van der Waals surface area (Å²) in [5.74, 6) is 0. The molecule has 1 N–H and O–H groups in total. The van der Waals surface area contributed by atoms with Crippen molar-refractivity contribution in [2.75, 3.05) is 0 Å². The van der Waals surface area contributed by atoms with Crippen LogP contribution in [0.4, 0.5) is 0 Å². The molecule has 0 aliphatic heterocycles. The second kappa shape index (κ2) is 6.01. The first-order valence-corrected chi connectivity index (χ1v) is 8.41. The third-order valence-electron chi connectivity index (χ3n) is 4.46. The van der Waals surface area contributed by atoms with Crippen molar-refractivity contribution in [1.82, 2.24) is 5.32 Å². The van der Waals surface area contributed by atoms with E-state index in [9.17, 15) is 5.26 Å². The summed E-state index contributed by atoms with van der Waals surface area (Å²) in [5, 5.41) is 15.5. The molecule has 0 saturated heterocycles.